The van der Waals surface area contributed by atoms with E-state index in [0.717, 1.165) is 10.2 Å². The van der Waals surface area contributed by atoms with Crippen LogP contribution in [0.25, 0.3) is 0 Å². The molecule has 1 atom stereocenters. The number of oxazole rings is 1. The van der Waals surface area contributed by atoms with Crippen molar-refractivity contribution in [3.8, 4) is 0 Å². The molecule has 0 spiro atoms. The van der Waals surface area contributed by atoms with Gasteiger partial charge in [-0.25, -0.2) is 4.98 Å². The first kappa shape index (κ1) is 14.7. The molecule has 0 aliphatic rings. The summed E-state index contributed by atoms with van der Waals surface area (Å²) in [6.45, 7) is 3.91. The van der Waals surface area contributed by atoms with Gasteiger partial charge in [0.05, 0.1) is 12.2 Å². The minimum atomic E-state index is -0.939. The van der Waals surface area contributed by atoms with E-state index in [9.17, 15) is 9.90 Å². The molecule has 6 heteroatoms. The van der Waals surface area contributed by atoms with Gasteiger partial charge in [0.1, 0.15) is 11.8 Å². The molecule has 2 rings (SSSR count). The molecule has 1 aromatic carbocycles. The Labute approximate surface area is 125 Å². The van der Waals surface area contributed by atoms with E-state index in [2.05, 4.69) is 26.2 Å². The second-order valence-corrected chi connectivity index (χ2v) is 5.27. The number of carbonyl (C=O) groups is 1. The van der Waals surface area contributed by atoms with Crippen LogP contribution < -0.4 is 5.32 Å². The highest BCUT2D eigenvalue weighted by Crippen LogP contribution is 2.24. The van der Waals surface area contributed by atoms with Crippen LogP contribution in [0.2, 0.25) is 0 Å². The van der Waals surface area contributed by atoms with Gasteiger partial charge in [0.25, 0.3) is 0 Å². The van der Waals surface area contributed by atoms with E-state index in [4.69, 9.17) is 4.42 Å². The zero-order chi connectivity index (χ0) is 14.7. The lowest BCUT2D eigenvalue weighted by atomic mass is 10.1. The minimum Gasteiger partial charge on any atom is -0.480 e. The second-order valence-electron chi connectivity index (χ2n) is 4.42. The monoisotopic (exact) mass is 338 g/mol. The van der Waals surface area contributed by atoms with Crippen molar-refractivity contribution in [2.45, 2.75) is 26.4 Å². The van der Waals surface area contributed by atoms with Gasteiger partial charge in [-0.2, -0.15) is 0 Å². The molecular weight excluding hydrogens is 324 g/mol. The molecule has 1 unspecified atom stereocenters. The van der Waals surface area contributed by atoms with E-state index in [-0.39, 0.29) is 0 Å². The Balaban J connectivity index is 2.17. The molecule has 0 aliphatic heterocycles. The Kier molecular flexibility index (Phi) is 4.57. The topological polar surface area (TPSA) is 75.4 Å². The average Bonchev–Trinajstić information content (AvgIpc) is 2.70. The maximum absolute atomic E-state index is 11.4. The van der Waals surface area contributed by atoms with E-state index >= 15 is 0 Å². The molecule has 0 saturated carbocycles. The summed E-state index contributed by atoms with van der Waals surface area (Å²) in [5.41, 5.74) is 1.44. The molecular formula is C14H15BrN2O3. The maximum Gasteiger partial charge on any atom is 0.325 e. The number of aromatic nitrogens is 1. The molecule has 0 bridgehead atoms. The molecule has 0 radical (unpaired) electrons. The fraction of sp³-hybridized carbons (Fsp3) is 0.286. The summed E-state index contributed by atoms with van der Waals surface area (Å²) < 4.78 is 6.19. The summed E-state index contributed by atoms with van der Waals surface area (Å²) in [4.78, 5) is 15.6. The van der Waals surface area contributed by atoms with Gasteiger partial charge in [-0.05, 0) is 18.6 Å². The Bertz CT molecular complexity index is 625. The highest BCUT2D eigenvalue weighted by atomic mass is 79.9. The predicted molar refractivity (Wildman–Crippen MR) is 77.3 cm³/mol. The van der Waals surface area contributed by atoms with E-state index < -0.39 is 12.0 Å². The molecule has 2 N–H and O–H groups in total. The van der Waals surface area contributed by atoms with Crippen LogP contribution in [0.15, 0.2) is 33.2 Å². The van der Waals surface area contributed by atoms with Crippen LogP contribution in [0.1, 0.15) is 29.0 Å². The largest absolute Gasteiger partial charge is 0.480 e. The zero-order valence-corrected chi connectivity index (χ0v) is 12.8. The van der Waals surface area contributed by atoms with Crippen LogP contribution in [0, 0.1) is 13.8 Å². The van der Waals surface area contributed by atoms with Gasteiger partial charge in [0, 0.05) is 11.4 Å². The van der Waals surface area contributed by atoms with Crippen molar-refractivity contribution in [2.75, 3.05) is 0 Å². The van der Waals surface area contributed by atoms with Crippen molar-refractivity contribution in [1.82, 2.24) is 10.3 Å². The molecule has 0 amide bonds. The lowest BCUT2D eigenvalue weighted by Gasteiger charge is -2.15. The van der Waals surface area contributed by atoms with Crippen molar-refractivity contribution in [1.29, 1.82) is 0 Å². The summed E-state index contributed by atoms with van der Waals surface area (Å²) in [6, 6.07) is 6.43. The molecule has 2 aromatic rings. The van der Waals surface area contributed by atoms with Crippen LogP contribution in [0.5, 0.6) is 0 Å². The van der Waals surface area contributed by atoms with Gasteiger partial charge in [0.2, 0.25) is 0 Å². The Hall–Kier alpha value is -1.66. The van der Waals surface area contributed by atoms with Gasteiger partial charge >= 0.3 is 5.97 Å². The number of benzene rings is 1. The second kappa shape index (κ2) is 6.19. The molecule has 1 heterocycles. The SMILES string of the molecule is Cc1nc(C)c(CNC(C(=O)O)c2ccccc2Br)o1. The van der Waals surface area contributed by atoms with Gasteiger partial charge in [-0.15, -0.1) is 0 Å². The Morgan fingerprint density at radius 3 is 2.70 bits per heavy atom. The molecule has 1 aromatic heterocycles. The van der Waals surface area contributed by atoms with Crippen molar-refractivity contribution in [3.63, 3.8) is 0 Å². The Morgan fingerprint density at radius 1 is 1.45 bits per heavy atom. The highest BCUT2D eigenvalue weighted by Gasteiger charge is 2.22. The van der Waals surface area contributed by atoms with Crippen molar-refractivity contribution in [2.24, 2.45) is 0 Å². The summed E-state index contributed by atoms with van der Waals surface area (Å²) in [5, 5.41) is 12.4. The lowest BCUT2D eigenvalue weighted by molar-refractivity contribution is -0.139. The summed E-state index contributed by atoms with van der Waals surface area (Å²) in [5.74, 6) is 0.290. The first-order valence-corrected chi connectivity index (χ1v) is 6.92. The third-order valence-corrected chi connectivity index (χ3v) is 3.65. The molecule has 5 nitrogen and oxygen atoms in total. The number of carboxylic acid groups (broad SMARTS) is 1. The van der Waals surface area contributed by atoms with Crippen molar-refractivity contribution in [3.05, 3.63) is 51.6 Å². The van der Waals surface area contributed by atoms with Crippen LogP contribution in [0.4, 0.5) is 0 Å². The maximum atomic E-state index is 11.4. The number of nitrogens with one attached hydrogen (secondary N) is 1. The van der Waals surface area contributed by atoms with Crippen LogP contribution in [0.3, 0.4) is 0 Å². The average molecular weight is 339 g/mol. The van der Waals surface area contributed by atoms with E-state index in [1.807, 2.05) is 25.1 Å². The third-order valence-electron chi connectivity index (χ3n) is 2.93. The number of aryl methyl sites for hydroxylation is 2. The van der Waals surface area contributed by atoms with Crippen molar-refractivity contribution >= 4 is 21.9 Å². The van der Waals surface area contributed by atoms with Gasteiger partial charge < -0.3 is 9.52 Å². The normalized spacial score (nSPS) is 12.3. The van der Waals surface area contributed by atoms with E-state index in [1.165, 1.54) is 0 Å². The summed E-state index contributed by atoms with van der Waals surface area (Å²) in [6.07, 6.45) is 0. The fourth-order valence-corrected chi connectivity index (χ4v) is 2.49. The van der Waals surface area contributed by atoms with Crippen molar-refractivity contribution < 1.29 is 14.3 Å². The highest BCUT2D eigenvalue weighted by molar-refractivity contribution is 9.10. The number of aliphatic carboxylic acids is 1. The minimum absolute atomic E-state index is 0.310. The van der Waals surface area contributed by atoms with Gasteiger partial charge in [-0.3, -0.25) is 10.1 Å². The lowest BCUT2D eigenvalue weighted by Crippen LogP contribution is -2.28. The quantitative estimate of drug-likeness (QED) is 0.876. The summed E-state index contributed by atoms with van der Waals surface area (Å²) in [7, 11) is 0. The number of hydrogen-bond acceptors (Lipinski definition) is 4. The zero-order valence-electron chi connectivity index (χ0n) is 11.2. The number of hydrogen-bond donors (Lipinski definition) is 2. The number of carboxylic acids is 1. The Morgan fingerprint density at radius 2 is 2.15 bits per heavy atom. The number of halogens is 1. The van der Waals surface area contributed by atoms with E-state index in [0.29, 0.717) is 23.8 Å². The van der Waals surface area contributed by atoms with Gasteiger partial charge in [-0.1, -0.05) is 34.1 Å². The first-order chi connectivity index (χ1) is 9.49. The molecule has 0 saturated heterocycles. The predicted octanol–water partition coefficient (Wildman–Crippen LogP) is 2.97. The van der Waals surface area contributed by atoms with Gasteiger partial charge in [0.15, 0.2) is 5.89 Å². The van der Waals surface area contributed by atoms with E-state index in [1.54, 1.807) is 13.0 Å². The summed E-state index contributed by atoms with van der Waals surface area (Å²) >= 11 is 3.37. The van der Waals surface area contributed by atoms with Crippen LogP contribution in [-0.4, -0.2) is 16.1 Å². The fourth-order valence-electron chi connectivity index (χ4n) is 1.97. The number of rotatable bonds is 5. The molecule has 106 valence electrons. The van der Waals surface area contributed by atoms with Crippen LogP contribution >= 0.6 is 15.9 Å². The number of nitrogens with zero attached hydrogens (tertiary/aromatic N) is 1. The molecule has 20 heavy (non-hydrogen) atoms. The molecule has 0 fully saturated rings. The standard InChI is InChI=1S/C14H15BrN2O3/c1-8-12(20-9(2)17-8)7-16-13(14(18)19)10-5-3-4-6-11(10)15/h3-6,13,16H,7H2,1-2H3,(H,18,19). The first-order valence-electron chi connectivity index (χ1n) is 6.12. The van der Waals surface area contributed by atoms with Crippen LogP contribution in [-0.2, 0) is 11.3 Å². The smallest absolute Gasteiger partial charge is 0.325 e. The third kappa shape index (κ3) is 3.26. The molecule has 0 aliphatic carbocycles.